The van der Waals surface area contributed by atoms with Gasteiger partial charge in [0.25, 0.3) is 0 Å². The average molecular weight is 455 g/mol. The van der Waals surface area contributed by atoms with Crippen molar-refractivity contribution in [1.82, 2.24) is 19.9 Å². The molecule has 0 fully saturated rings. The van der Waals surface area contributed by atoms with Gasteiger partial charge in [0.05, 0.1) is 0 Å². The zero-order valence-electron chi connectivity index (χ0n) is 19.2. The van der Waals surface area contributed by atoms with E-state index in [1.165, 1.54) is 0 Å². The van der Waals surface area contributed by atoms with E-state index in [9.17, 15) is 0 Å². The maximum absolute atomic E-state index is 5.75. The normalized spacial score (nSPS) is 11.1. The molecule has 0 aliphatic carbocycles. The lowest BCUT2D eigenvalue weighted by atomic mass is 10.0. The first-order valence-corrected chi connectivity index (χ1v) is 11.6. The molecule has 0 spiro atoms. The lowest BCUT2D eigenvalue weighted by Crippen LogP contribution is -2.00. The zero-order valence-corrected chi connectivity index (χ0v) is 19.2. The van der Waals surface area contributed by atoms with Crippen LogP contribution in [0.5, 0.6) is 0 Å². The minimum Gasteiger partial charge on any atom is -0.441 e. The molecule has 0 aliphatic rings. The molecule has 0 bridgehead atoms. The predicted molar refractivity (Wildman–Crippen MR) is 139 cm³/mol. The van der Waals surface area contributed by atoms with E-state index >= 15 is 0 Å². The first-order chi connectivity index (χ1) is 17.3. The summed E-state index contributed by atoms with van der Waals surface area (Å²) < 4.78 is 5.75. The van der Waals surface area contributed by atoms with Gasteiger partial charge in [-0.3, -0.25) is 0 Å². The molecule has 35 heavy (non-hydrogen) atoms. The van der Waals surface area contributed by atoms with Crippen molar-refractivity contribution in [2.75, 3.05) is 0 Å². The Balaban J connectivity index is 1.40. The van der Waals surface area contributed by atoms with E-state index in [0.29, 0.717) is 17.5 Å². The average Bonchev–Trinajstić information content (AvgIpc) is 3.37. The molecule has 5 heteroatoms. The number of hydrogen-bond donors (Lipinski definition) is 0. The fraction of sp³-hybridized carbons (Fsp3) is 0.0667. The molecule has 0 saturated heterocycles. The molecule has 0 atom stereocenters. The van der Waals surface area contributed by atoms with Crippen molar-refractivity contribution < 1.29 is 4.42 Å². The smallest absolute Gasteiger partial charge is 0.195 e. The van der Waals surface area contributed by atoms with Gasteiger partial charge in [-0.15, -0.1) is 0 Å². The third-order valence-electron chi connectivity index (χ3n) is 5.91. The number of aryl methyl sites for hydroxylation is 1. The summed E-state index contributed by atoms with van der Waals surface area (Å²) in [6.07, 6.45) is 0.778. The molecule has 2 aromatic heterocycles. The molecule has 0 radical (unpaired) electrons. The Hall–Kier alpha value is -4.64. The van der Waals surface area contributed by atoms with Crippen LogP contribution < -0.4 is 0 Å². The maximum atomic E-state index is 5.75. The molecule has 6 aromatic rings. The van der Waals surface area contributed by atoms with E-state index in [4.69, 9.17) is 19.4 Å². The number of rotatable bonds is 5. The summed E-state index contributed by atoms with van der Waals surface area (Å²) >= 11 is 0. The number of fused-ring (bicyclic) bond motifs is 1. The van der Waals surface area contributed by atoms with Crippen LogP contribution in [0, 0.1) is 0 Å². The van der Waals surface area contributed by atoms with Crippen molar-refractivity contribution in [3.8, 4) is 45.3 Å². The molecule has 0 saturated carbocycles. The second-order valence-electron chi connectivity index (χ2n) is 8.26. The van der Waals surface area contributed by atoms with Crippen LogP contribution in [0.2, 0.25) is 0 Å². The van der Waals surface area contributed by atoms with Crippen LogP contribution in [-0.4, -0.2) is 19.9 Å². The Bertz CT molecular complexity index is 1550. The third kappa shape index (κ3) is 4.20. The second kappa shape index (κ2) is 8.95. The van der Waals surface area contributed by atoms with Gasteiger partial charge in [-0.25, -0.2) is 19.9 Å². The standard InChI is InChI=1S/C30H22N4O/c1-2-27-31-25-19-24(17-18-26(25)35-27)20-13-15-23(16-14-20)30-33-28(21-9-5-3-6-10-21)32-29(34-30)22-11-7-4-8-12-22/h3-19H,2H2,1H3. The van der Waals surface area contributed by atoms with Gasteiger partial charge in [-0.2, -0.15) is 0 Å². The molecule has 4 aromatic carbocycles. The minimum absolute atomic E-state index is 0.642. The molecule has 6 rings (SSSR count). The van der Waals surface area contributed by atoms with Crippen LogP contribution in [-0.2, 0) is 6.42 Å². The highest BCUT2D eigenvalue weighted by Crippen LogP contribution is 2.28. The van der Waals surface area contributed by atoms with E-state index in [0.717, 1.165) is 51.2 Å². The van der Waals surface area contributed by atoms with Crippen molar-refractivity contribution in [1.29, 1.82) is 0 Å². The topological polar surface area (TPSA) is 64.7 Å². The van der Waals surface area contributed by atoms with Gasteiger partial charge in [0.2, 0.25) is 0 Å². The number of aromatic nitrogens is 4. The summed E-state index contributed by atoms with van der Waals surface area (Å²) in [4.78, 5) is 19.0. The Labute approximate surface area is 203 Å². The summed E-state index contributed by atoms with van der Waals surface area (Å²) in [5, 5.41) is 0. The van der Waals surface area contributed by atoms with Crippen LogP contribution in [0.3, 0.4) is 0 Å². The van der Waals surface area contributed by atoms with Crippen LogP contribution in [0.4, 0.5) is 0 Å². The highest BCUT2D eigenvalue weighted by Gasteiger charge is 2.12. The second-order valence-corrected chi connectivity index (χ2v) is 8.26. The monoisotopic (exact) mass is 454 g/mol. The number of nitrogens with zero attached hydrogens (tertiary/aromatic N) is 4. The van der Waals surface area contributed by atoms with Gasteiger partial charge in [-0.1, -0.05) is 97.9 Å². The minimum atomic E-state index is 0.642. The lowest BCUT2D eigenvalue weighted by molar-refractivity contribution is 0.538. The first-order valence-electron chi connectivity index (χ1n) is 11.6. The number of benzene rings is 4. The van der Waals surface area contributed by atoms with Gasteiger partial charge in [-0.05, 0) is 23.3 Å². The molecule has 0 unspecified atom stereocenters. The van der Waals surface area contributed by atoms with E-state index in [1.54, 1.807) is 0 Å². The Morgan fingerprint density at radius 1 is 0.514 bits per heavy atom. The summed E-state index contributed by atoms with van der Waals surface area (Å²) in [7, 11) is 0. The fourth-order valence-corrected chi connectivity index (χ4v) is 4.06. The fourth-order valence-electron chi connectivity index (χ4n) is 4.06. The molecule has 0 aliphatic heterocycles. The molecular weight excluding hydrogens is 432 g/mol. The van der Waals surface area contributed by atoms with Gasteiger partial charge in [0.15, 0.2) is 28.9 Å². The summed E-state index contributed by atoms with van der Waals surface area (Å²) in [5.41, 5.74) is 6.72. The highest BCUT2D eigenvalue weighted by atomic mass is 16.3. The Morgan fingerprint density at radius 3 is 1.54 bits per heavy atom. The van der Waals surface area contributed by atoms with E-state index < -0.39 is 0 Å². The van der Waals surface area contributed by atoms with Gasteiger partial charge in [0, 0.05) is 23.1 Å². The number of hydrogen-bond acceptors (Lipinski definition) is 5. The van der Waals surface area contributed by atoms with Crippen molar-refractivity contribution >= 4 is 11.1 Å². The molecule has 168 valence electrons. The van der Waals surface area contributed by atoms with E-state index in [-0.39, 0.29) is 0 Å². The molecular formula is C30H22N4O. The lowest BCUT2D eigenvalue weighted by Gasteiger charge is -2.09. The van der Waals surface area contributed by atoms with Crippen LogP contribution in [0.25, 0.3) is 56.4 Å². The summed E-state index contributed by atoms with van der Waals surface area (Å²) in [6, 6.07) is 34.4. The van der Waals surface area contributed by atoms with Gasteiger partial charge in [0.1, 0.15) is 5.52 Å². The predicted octanol–water partition coefficient (Wildman–Crippen LogP) is 7.24. The van der Waals surface area contributed by atoms with Gasteiger partial charge >= 0.3 is 0 Å². The third-order valence-corrected chi connectivity index (χ3v) is 5.91. The van der Waals surface area contributed by atoms with Crippen molar-refractivity contribution in [2.24, 2.45) is 0 Å². The Morgan fingerprint density at radius 2 is 1.00 bits per heavy atom. The van der Waals surface area contributed by atoms with Crippen LogP contribution in [0.15, 0.2) is 108 Å². The van der Waals surface area contributed by atoms with Gasteiger partial charge < -0.3 is 4.42 Å². The van der Waals surface area contributed by atoms with Crippen LogP contribution >= 0.6 is 0 Å². The van der Waals surface area contributed by atoms with Crippen molar-refractivity contribution in [3.05, 3.63) is 109 Å². The van der Waals surface area contributed by atoms with E-state index in [2.05, 4.69) is 41.4 Å². The summed E-state index contributed by atoms with van der Waals surface area (Å²) in [5.74, 6) is 2.71. The molecule has 0 amide bonds. The molecule has 5 nitrogen and oxygen atoms in total. The quantitative estimate of drug-likeness (QED) is 0.275. The molecule has 2 heterocycles. The maximum Gasteiger partial charge on any atom is 0.195 e. The van der Waals surface area contributed by atoms with Crippen molar-refractivity contribution in [3.63, 3.8) is 0 Å². The SMILES string of the molecule is CCc1nc2cc(-c3ccc(-c4nc(-c5ccccc5)nc(-c5ccccc5)n4)cc3)ccc2o1. The van der Waals surface area contributed by atoms with Crippen LogP contribution in [0.1, 0.15) is 12.8 Å². The summed E-state index contributed by atoms with van der Waals surface area (Å²) in [6.45, 7) is 2.04. The zero-order chi connectivity index (χ0) is 23.6. The van der Waals surface area contributed by atoms with Crippen molar-refractivity contribution in [2.45, 2.75) is 13.3 Å². The molecule has 0 N–H and O–H groups in total. The highest BCUT2D eigenvalue weighted by molar-refractivity contribution is 5.81. The number of oxazole rings is 1. The largest absolute Gasteiger partial charge is 0.441 e. The Kier molecular flexibility index (Phi) is 5.35. The first kappa shape index (κ1) is 20.9. The van der Waals surface area contributed by atoms with E-state index in [1.807, 2.05) is 73.7 Å².